The first kappa shape index (κ1) is 13.2. The number of aromatic nitrogens is 1. The third kappa shape index (κ3) is 2.88. The highest BCUT2D eigenvalue weighted by atomic mass is 79.9. The largest absolute Gasteiger partial charge is 0.490 e. The summed E-state index contributed by atoms with van der Waals surface area (Å²) in [5.74, 6) is 2.42. The number of halogens is 1. The van der Waals surface area contributed by atoms with Gasteiger partial charge >= 0.3 is 0 Å². The number of benzene rings is 1. The first-order valence-electron chi connectivity index (χ1n) is 6.51. The van der Waals surface area contributed by atoms with Crippen LogP contribution in [0.2, 0.25) is 0 Å². The van der Waals surface area contributed by atoms with Gasteiger partial charge in [-0.05, 0) is 46.6 Å². The fourth-order valence-electron chi connectivity index (χ4n) is 2.05. The smallest absolute Gasteiger partial charge is 0.163 e. The van der Waals surface area contributed by atoms with Crippen molar-refractivity contribution < 1.29 is 9.47 Å². The van der Waals surface area contributed by atoms with Gasteiger partial charge in [0.1, 0.15) is 5.82 Å². The molecule has 0 radical (unpaired) electrons. The van der Waals surface area contributed by atoms with Crippen LogP contribution in [0.5, 0.6) is 11.5 Å². The van der Waals surface area contributed by atoms with Crippen molar-refractivity contribution >= 4 is 27.4 Å². The number of nitrogens with one attached hydrogen (secondary N) is 1. The summed E-state index contributed by atoms with van der Waals surface area (Å²) in [6, 6.07) is 7.87. The molecular formula is C15H15BrN2O2. The van der Waals surface area contributed by atoms with Crippen LogP contribution in [-0.4, -0.2) is 18.2 Å². The zero-order chi connectivity index (χ0) is 13.9. The summed E-state index contributed by atoms with van der Waals surface area (Å²) >= 11 is 3.41. The van der Waals surface area contributed by atoms with Crippen LogP contribution in [0.3, 0.4) is 0 Å². The van der Waals surface area contributed by atoms with Gasteiger partial charge in [0, 0.05) is 28.8 Å². The second-order valence-corrected chi connectivity index (χ2v) is 5.57. The van der Waals surface area contributed by atoms with E-state index in [2.05, 4.69) is 26.2 Å². The van der Waals surface area contributed by atoms with E-state index in [1.54, 1.807) is 6.20 Å². The average Bonchev–Trinajstić information content (AvgIpc) is 2.66. The molecular weight excluding hydrogens is 320 g/mol. The van der Waals surface area contributed by atoms with E-state index in [9.17, 15) is 0 Å². The Kier molecular flexibility index (Phi) is 3.78. The van der Waals surface area contributed by atoms with Gasteiger partial charge in [0.25, 0.3) is 0 Å². The van der Waals surface area contributed by atoms with Gasteiger partial charge in [-0.15, -0.1) is 0 Å². The van der Waals surface area contributed by atoms with Crippen molar-refractivity contribution in [2.45, 2.75) is 13.3 Å². The van der Waals surface area contributed by atoms with E-state index in [0.717, 1.165) is 39.5 Å². The maximum Gasteiger partial charge on any atom is 0.163 e. The molecule has 5 heteroatoms. The molecule has 1 aromatic carbocycles. The van der Waals surface area contributed by atoms with E-state index in [4.69, 9.17) is 9.47 Å². The van der Waals surface area contributed by atoms with Crippen LogP contribution in [0, 0.1) is 6.92 Å². The van der Waals surface area contributed by atoms with E-state index in [0.29, 0.717) is 13.2 Å². The molecule has 0 saturated heterocycles. The molecule has 0 atom stereocenters. The third-order valence-electron chi connectivity index (χ3n) is 3.06. The Morgan fingerprint density at radius 1 is 1.15 bits per heavy atom. The summed E-state index contributed by atoms with van der Waals surface area (Å²) in [7, 11) is 0. The molecule has 0 unspecified atom stereocenters. The predicted molar refractivity (Wildman–Crippen MR) is 82.0 cm³/mol. The fourth-order valence-corrected chi connectivity index (χ4v) is 2.49. The zero-order valence-electron chi connectivity index (χ0n) is 11.1. The minimum Gasteiger partial charge on any atom is -0.490 e. The first-order valence-corrected chi connectivity index (χ1v) is 7.30. The molecule has 1 aliphatic heterocycles. The summed E-state index contributed by atoms with van der Waals surface area (Å²) in [4.78, 5) is 4.37. The minimum atomic E-state index is 0.687. The molecule has 0 spiro atoms. The number of pyridine rings is 1. The van der Waals surface area contributed by atoms with Crippen molar-refractivity contribution in [2.24, 2.45) is 0 Å². The van der Waals surface area contributed by atoms with Crippen LogP contribution >= 0.6 is 15.9 Å². The van der Waals surface area contributed by atoms with Crippen molar-refractivity contribution in [3.63, 3.8) is 0 Å². The maximum atomic E-state index is 5.68. The molecule has 104 valence electrons. The molecule has 1 aromatic heterocycles. The Labute approximate surface area is 126 Å². The molecule has 1 aliphatic rings. The number of hydrogen-bond acceptors (Lipinski definition) is 4. The lowest BCUT2D eigenvalue weighted by Crippen LogP contribution is -1.98. The van der Waals surface area contributed by atoms with Crippen molar-refractivity contribution in [1.29, 1.82) is 0 Å². The zero-order valence-corrected chi connectivity index (χ0v) is 12.7. The van der Waals surface area contributed by atoms with Crippen LogP contribution in [-0.2, 0) is 0 Å². The highest BCUT2D eigenvalue weighted by molar-refractivity contribution is 9.10. The summed E-state index contributed by atoms with van der Waals surface area (Å²) in [6.07, 6.45) is 2.68. The first-order chi connectivity index (χ1) is 9.72. The minimum absolute atomic E-state index is 0.687. The Hall–Kier alpha value is -1.75. The van der Waals surface area contributed by atoms with Gasteiger partial charge in [0.2, 0.25) is 0 Å². The summed E-state index contributed by atoms with van der Waals surface area (Å²) < 4.78 is 12.3. The number of rotatable bonds is 2. The van der Waals surface area contributed by atoms with E-state index >= 15 is 0 Å². The molecule has 0 aliphatic carbocycles. The molecule has 0 bridgehead atoms. The quantitative estimate of drug-likeness (QED) is 0.899. The Balaban J connectivity index is 1.86. The Morgan fingerprint density at radius 2 is 1.95 bits per heavy atom. The van der Waals surface area contributed by atoms with Crippen molar-refractivity contribution in [1.82, 2.24) is 4.98 Å². The van der Waals surface area contributed by atoms with E-state index in [-0.39, 0.29) is 0 Å². The number of aryl methyl sites for hydroxylation is 1. The van der Waals surface area contributed by atoms with Crippen LogP contribution in [0.15, 0.2) is 34.9 Å². The molecule has 1 N–H and O–H groups in total. The maximum absolute atomic E-state index is 5.68. The van der Waals surface area contributed by atoms with E-state index in [1.165, 1.54) is 0 Å². The summed E-state index contributed by atoms with van der Waals surface area (Å²) in [5, 5.41) is 3.30. The number of ether oxygens (including phenoxy) is 2. The van der Waals surface area contributed by atoms with Gasteiger partial charge in [0.05, 0.1) is 13.2 Å². The molecule has 2 aromatic rings. The van der Waals surface area contributed by atoms with Crippen LogP contribution in [0.25, 0.3) is 0 Å². The molecule has 0 saturated carbocycles. The highest BCUT2D eigenvalue weighted by Gasteiger charge is 2.11. The molecule has 2 heterocycles. The van der Waals surface area contributed by atoms with E-state index < -0.39 is 0 Å². The van der Waals surface area contributed by atoms with Crippen LogP contribution < -0.4 is 14.8 Å². The van der Waals surface area contributed by atoms with Gasteiger partial charge in [-0.25, -0.2) is 4.98 Å². The van der Waals surface area contributed by atoms with E-state index in [1.807, 2.05) is 31.2 Å². The number of nitrogens with zero attached hydrogens (tertiary/aromatic N) is 1. The van der Waals surface area contributed by atoms with Crippen LogP contribution in [0.1, 0.15) is 12.0 Å². The lowest BCUT2D eigenvalue weighted by atomic mass is 10.2. The van der Waals surface area contributed by atoms with Gasteiger partial charge in [-0.1, -0.05) is 0 Å². The Morgan fingerprint density at radius 3 is 2.75 bits per heavy atom. The standard InChI is InChI=1S/C15H15BrN2O2/c1-10-7-11(16)9-17-15(10)18-12-3-4-13-14(8-12)20-6-2-5-19-13/h3-4,7-9H,2,5-6H2,1H3,(H,17,18). The number of anilines is 2. The SMILES string of the molecule is Cc1cc(Br)cnc1Nc1ccc2c(c1)OCCCO2. The molecule has 0 fully saturated rings. The van der Waals surface area contributed by atoms with Crippen molar-refractivity contribution in [3.8, 4) is 11.5 Å². The third-order valence-corrected chi connectivity index (χ3v) is 3.49. The van der Waals surface area contributed by atoms with Crippen molar-refractivity contribution in [3.05, 3.63) is 40.5 Å². The number of hydrogen-bond donors (Lipinski definition) is 1. The molecule has 4 nitrogen and oxygen atoms in total. The Bertz CT molecular complexity index is 631. The fraction of sp³-hybridized carbons (Fsp3) is 0.267. The van der Waals surface area contributed by atoms with Gasteiger partial charge in [-0.2, -0.15) is 0 Å². The summed E-state index contributed by atoms with van der Waals surface area (Å²) in [6.45, 7) is 3.41. The molecule has 3 rings (SSSR count). The lowest BCUT2D eigenvalue weighted by Gasteiger charge is -2.12. The average molecular weight is 335 g/mol. The van der Waals surface area contributed by atoms with Crippen LogP contribution in [0.4, 0.5) is 11.5 Å². The van der Waals surface area contributed by atoms with Gasteiger partial charge in [0.15, 0.2) is 11.5 Å². The highest BCUT2D eigenvalue weighted by Crippen LogP contribution is 2.33. The summed E-state index contributed by atoms with van der Waals surface area (Å²) in [5.41, 5.74) is 2.01. The second-order valence-electron chi connectivity index (χ2n) is 4.66. The topological polar surface area (TPSA) is 43.4 Å². The normalized spacial score (nSPS) is 13.7. The predicted octanol–water partition coefficient (Wildman–Crippen LogP) is 4.06. The second kappa shape index (κ2) is 5.71. The van der Waals surface area contributed by atoms with Gasteiger partial charge < -0.3 is 14.8 Å². The lowest BCUT2D eigenvalue weighted by molar-refractivity contribution is 0.297. The molecule has 20 heavy (non-hydrogen) atoms. The van der Waals surface area contributed by atoms with Gasteiger partial charge in [-0.3, -0.25) is 0 Å². The van der Waals surface area contributed by atoms with Crippen molar-refractivity contribution in [2.75, 3.05) is 18.5 Å². The molecule has 0 amide bonds. The number of fused-ring (bicyclic) bond motifs is 1. The monoisotopic (exact) mass is 334 g/mol.